The van der Waals surface area contributed by atoms with Crippen molar-refractivity contribution in [3.05, 3.63) is 20.8 Å². The second-order valence-corrected chi connectivity index (χ2v) is 9.77. The summed E-state index contributed by atoms with van der Waals surface area (Å²) in [6, 6.07) is 0.233. The molecule has 1 unspecified atom stereocenters. The van der Waals surface area contributed by atoms with Crippen LogP contribution in [-0.2, 0) is 12.8 Å². The van der Waals surface area contributed by atoms with E-state index in [4.69, 9.17) is 10.8 Å². The first kappa shape index (κ1) is 17.0. The highest BCUT2D eigenvalue weighted by molar-refractivity contribution is 7.18. The summed E-state index contributed by atoms with van der Waals surface area (Å²) in [4.78, 5) is 20.3. The Kier molecular flexibility index (Phi) is 4.15. The van der Waals surface area contributed by atoms with Crippen molar-refractivity contribution in [2.45, 2.75) is 71.8 Å². The summed E-state index contributed by atoms with van der Waals surface area (Å²) in [7, 11) is 0. The fourth-order valence-electron chi connectivity index (χ4n) is 4.58. The van der Waals surface area contributed by atoms with Crippen LogP contribution in [-0.4, -0.2) is 9.55 Å². The van der Waals surface area contributed by atoms with Gasteiger partial charge in [-0.3, -0.25) is 14.8 Å². The number of hydrogen-bond donors (Lipinski definition) is 2. The smallest absolute Gasteiger partial charge is 0.264 e. The number of fused-ring (bicyclic) bond motifs is 3. The Bertz CT molecular complexity index is 855. The molecule has 0 aromatic carbocycles. The predicted octanol–water partition coefficient (Wildman–Crippen LogP) is 4.01. The van der Waals surface area contributed by atoms with E-state index in [-0.39, 0.29) is 11.6 Å². The molecular formula is C19H28N4OS. The van der Waals surface area contributed by atoms with Gasteiger partial charge >= 0.3 is 0 Å². The molecule has 136 valence electrons. The fourth-order valence-corrected chi connectivity index (χ4v) is 5.87. The third-order valence-corrected chi connectivity index (χ3v) is 7.31. The summed E-state index contributed by atoms with van der Waals surface area (Å²) in [5.41, 5.74) is 4.34. The molecule has 2 aliphatic carbocycles. The number of anilines is 1. The van der Waals surface area contributed by atoms with Gasteiger partial charge in [0.25, 0.3) is 5.56 Å². The Morgan fingerprint density at radius 1 is 1.24 bits per heavy atom. The largest absolute Gasteiger partial charge is 0.294 e. The van der Waals surface area contributed by atoms with Gasteiger partial charge in [-0.05, 0) is 49.0 Å². The highest BCUT2D eigenvalue weighted by atomic mass is 32.1. The highest BCUT2D eigenvalue weighted by Gasteiger charge is 2.33. The van der Waals surface area contributed by atoms with Crippen molar-refractivity contribution in [2.75, 3.05) is 5.43 Å². The van der Waals surface area contributed by atoms with Crippen molar-refractivity contribution in [3.63, 3.8) is 0 Å². The van der Waals surface area contributed by atoms with Crippen LogP contribution in [0.4, 0.5) is 5.95 Å². The molecule has 0 spiro atoms. The number of hydrogen-bond acceptors (Lipinski definition) is 5. The number of rotatable bonds is 2. The molecule has 0 amide bonds. The molecule has 0 aliphatic heterocycles. The molecule has 5 nitrogen and oxygen atoms in total. The monoisotopic (exact) mass is 360 g/mol. The van der Waals surface area contributed by atoms with Crippen LogP contribution in [0.25, 0.3) is 10.2 Å². The van der Waals surface area contributed by atoms with Crippen LogP contribution >= 0.6 is 11.3 Å². The van der Waals surface area contributed by atoms with Crippen molar-refractivity contribution in [1.29, 1.82) is 0 Å². The third-order valence-electron chi connectivity index (χ3n) is 6.16. The summed E-state index contributed by atoms with van der Waals surface area (Å²) in [5.74, 6) is 6.90. The molecule has 1 saturated carbocycles. The van der Waals surface area contributed by atoms with E-state index in [1.807, 2.05) is 4.57 Å². The maximum atomic E-state index is 13.3. The molecule has 2 aliphatic rings. The van der Waals surface area contributed by atoms with Crippen LogP contribution in [0.1, 0.15) is 69.4 Å². The number of nitrogens with zero attached hydrogens (tertiary/aromatic N) is 2. The normalized spacial score (nSPS) is 21.7. The molecule has 2 aromatic heterocycles. The Hall–Kier alpha value is -1.40. The first-order valence-corrected chi connectivity index (χ1v) is 10.2. The number of nitrogens with one attached hydrogen (secondary N) is 1. The van der Waals surface area contributed by atoms with Gasteiger partial charge in [-0.25, -0.2) is 10.8 Å². The Morgan fingerprint density at radius 2 is 1.96 bits per heavy atom. The number of nitrogens with two attached hydrogens (primary N) is 1. The van der Waals surface area contributed by atoms with Gasteiger partial charge in [0.2, 0.25) is 5.95 Å². The van der Waals surface area contributed by atoms with Crippen molar-refractivity contribution < 1.29 is 0 Å². The van der Waals surface area contributed by atoms with E-state index in [1.165, 1.54) is 23.3 Å². The summed E-state index contributed by atoms with van der Waals surface area (Å²) in [6.07, 6.45) is 7.65. The van der Waals surface area contributed by atoms with Gasteiger partial charge in [0.05, 0.1) is 5.39 Å². The Balaban J connectivity index is 1.86. The molecule has 4 rings (SSSR count). The maximum absolute atomic E-state index is 13.3. The summed E-state index contributed by atoms with van der Waals surface area (Å²) >= 11 is 1.69. The van der Waals surface area contributed by atoms with Gasteiger partial charge in [-0.2, -0.15) is 0 Å². The second-order valence-electron chi connectivity index (χ2n) is 8.68. The van der Waals surface area contributed by atoms with Crippen LogP contribution in [0.5, 0.6) is 0 Å². The van der Waals surface area contributed by atoms with Gasteiger partial charge in [-0.15, -0.1) is 11.3 Å². The van der Waals surface area contributed by atoms with E-state index in [9.17, 15) is 4.79 Å². The lowest BCUT2D eigenvalue weighted by Crippen LogP contribution is -2.30. The van der Waals surface area contributed by atoms with E-state index >= 15 is 0 Å². The fraction of sp³-hybridized carbons (Fsp3) is 0.684. The molecule has 0 saturated heterocycles. The van der Waals surface area contributed by atoms with Gasteiger partial charge in [0.1, 0.15) is 4.83 Å². The molecule has 0 bridgehead atoms. The number of aryl methyl sites for hydroxylation is 1. The second kappa shape index (κ2) is 6.09. The molecule has 1 atom stereocenters. The number of hydrazine groups is 1. The van der Waals surface area contributed by atoms with E-state index in [0.717, 1.165) is 42.3 Å². The molecule has 2 heterocycles. The van der Waals surface area contributed by atoms with Crippen molar-refractivity contribution in [1.82, 2.24) is 9.55 Å². The summed E-state index contributed by atoms with van der Waals surface area (Å²) < 4.78 is 1.83. The van der Waals surface area contributed by atoms with Crippen molar-refractivity contribution in [2.24, 2.45) is 17.2 Å². The lowest BCUT2D eigenvalue weighted by Gasteiger charge is -2.33. The number of nitrogen functional groups attached to an aromatic ring is 1. The van der Waals surface area contributed by atoms with Gasteiger partial charge < -0.3 is 0 Å². The molecule has 3 N–H and O–H groups in total. The molecule has 25 heavy (non-hydrogen) atoms. The zero-order valence-electron chi connectivity index (χ0n) is 15.4. The van der Waals surface area contributed by atoms with E-state index in [2.05, 4.69) is 26.2 Å². The third kappa shape index (κ3) is 2.79. The maximum Gasteiger partial charge on any atom is 0.264 e. The van der Waals surface area contributed by atoms with Crippen LogP contribution in [0.3, 0.4) is 0 Å². The number of thiophene rings is 1. The lowest BCUT2D eigenvalue weighted by atomic mass is 9.72. The minimum Gasteiger partial charge on any atom is -0.294 e. The zero-order valence-corrected chi connectivity index (χ0v) is 16.2. The van der Waals surface area contributed by atoms with Crippen molar-refractivity contribution >= 4 is 27.5 Å². The van der Waals surface area contributed by atoms with E-state index in [0.29, 0.717) is 17.3 Å². The first-order chi connectivity index (χ1) is 11.9. The van der Waals surface area contributed by atoms with Crippen molar-refractivity contribution in [3.8, 4) is 0 Å². The average Bonchev–Trinajstić information content (AvgIpc) is 3.19. The molecule has 1 fully saturated rings. The molecule has 2 aromatic rings. The molecule has 0 radical (unpaired) electrons. The minimum atomic E-state index is 0.108. The Morgan fingerprint density at radius 3 is 2.60 bits per heavy atom. The highest BCUT2D eigenvalue weighted by Crippen LogP contribution is 2.42. The van der Waals surface area contributed by atoms with Gasteiger partial charge in [-0.1, -0.05) is 33.6 Å². The van der Waals surface area contributed by atoms with E-state index in [1.54, 1.807) is 11.3 Å². The van der Waals surface area contributed by atoms with Gasteiger partial charge in [0.15, 0.2) is 0 Å². The first-order valence-electron chi connectivity index (χ1n) is 9.43. The quantitative estimate of drug-likeness (QED) is 0.627. The van der Waals surface area contributed by atoms with Gasteiger partial charge in [0, 0.05) is 10.9 Å². The van der Waals surface area contributed by atoms with Crippen LogP contribution < -0.4 is 16.8 Å². The minimum absolute atomic E-state index is 0.108. The Labute approximate surface area is 152 Å². The molecule has 6 heteroatoms. The summed E-state index contributed by atoms with van der Waals surface area (Å²) in [5, 5.41) is 0.859. The van der Waals surface area contributed by atoms with Crippen LogP contribution in [0.15, 0.2) is 4.79 Å². The molecular weight excluding hydrogens is 332 g/mol. The summed E-state index contributed by atoms with van der Waals surface area (Å²) in [6.45, 7) is 6.95. The topological polar surface area (TPSA) is 72.9 Å². The average molecular weight is 361 g/mol. The SMILES string of the molecule is CC(C)(C)C1CCc2c(sc3nc(NN)n(C4CCCC4)c(=O)c23)C1. The zero-order chi connectivity index (χ0) is 17.8. The van der Waals surface area contributed by atoms with Crippen LogP contribution in [0.2, 0.25) is 0 Å². The van der Waals surface area contributed by atoms with Crippen LogP contribution in [0, 0.1) is 11.3 Å². The predicted molar refractivity (Wildman–Crippen MR) is 104 cm³/mol. The standard InChI is InChI=1S/C19H28N4OS/c1-19(2,3)11-8-9-13-14(10-11)25-16-15(13)17(24)23(18(21-16)22-20)12-6-4-5-7-12/h11-12H,4-10,20H2,1-3H3,(H,21,22). The number of aromatic nitrogens is 2. The van der Waals surface area contributed by atoms with E-state index < -0.39 is 0 Å². The lowest BCUT2D eigenvalue weighted by molar-refractivity contribution is 0.218.